The van der Waals surface area contributed by atoms with Gasteiger partial charge in [-0.15, -0.1) is 11.3 Å². The molecule has 0 aliphatic heterocycles. The zero-order valence-electron chi connectivity index (χ0n) is 15.1. The van der Waals surface area contributed by atoms with Gasteiger partial charge < -0.3 is 0 Å². The quantitative estimate of drug-likeness (QED) is 0.335. The maximum atomic E-state index is 4.73. The van der Waals surface area contributed by atoms with Crippen molar-refractivity contribution in [3.05, 3.63) is 102 Å². The predicted molar refractivity (Wildman–Crippen MR) is 117 cm³/mol. The van der Waals surface area contributed by atoms with Crippen LogP contribution < -0.4 is 0 Å². The Morgan fingerprint density at radius 1 is 0.778 bits per heavy atom. The number of hydrogen-bond acceptors (Lipinski definition) is 2. The fourth-order valence-electron chi connectivity index (χ4n) is 3.61. The molecule has 5 rings (SSSR count). The Bertz CT molecular complexity index is 1250. The van der Waals surface area contributed by atoms with Crippen LogP contribution in [0, 0.1) is 6.92 Å². The summed E-state index contributed by atoms with van der Waals surface area (Å²) in [6.07, 6.45) is 2.94. The molecule has 0 amide bonds. The summed E-state index contributed by atoms with van der Waals surface area (Å²) in [5.74, 6) is 0. The molecule has 27 heavy (non-hydrogen) atoms. The third-order valence-corrected chi connectivity index (χ3v) is 6.28. The van der Waals surface area contributed by atoms with Crippen molar-refractivity contribution in [1.82, 2.24) is 4.98 Å². The third kappa shape index (κ3) is 3.02. The smallest absolute Gasteiger partial charge is 0.0705 e. The number of thiophene rings is 1. The van der Waals surface area contributed by atoms with Gasteiger partial charge in [-0.3, -0.25) is 4.98 Å². The Morgan fingerprint density at radius 3 is 2.44 bits per heavy atom. The van der Waals surface area contributed by atoms with Crippen molar-refractivity contribution in [1.29, 1.82) is 0 Å². The van der Waals surface area contributed by atoms with Crippen LogP contribution in [0.4, 0.5) is 0 Å². The average molecular weight is 366 g/mol. The molecule has 5 aromatic rings. The second kappa shape index (κ2) is 6.64. The van der Waals surface area contributed by atoms with Gasteiger partial charge in [-0.2, -0.15) is 0 Å². The summed E-state index contributed by atoms with van der Waals surface area (Å²) < 4.78 is 2.67. The molecule has 0 unspecified atom stereocenters. The van der Waals surface area contributed by atoms with Crippen molar-refractivity contribution >= 4 is 31.5 Å². The first kappa shape index (κ1) is 16.2. The number of rotatable bonds is 3. The number of benzene rings is 3. The first-order valence-electron chi connectivity index (χ1n) is 9.19. The number of aromatic nitrogens is 1. The Balaban J connectivity index is 1.60. The Morgan fingerprint density at radius 2 is 1.56 bits per heavy atom. The fraction of sp³-hybridized carbons (Fsp3) is 0.0800. The lowest BCUT2D eigenvalue weighted by Gasteiger charge is -2.09. The standard InChI is InChI=1S/C25H19NS/c1-17-16-26-23(15-20(17)13-18-7-3-2-4-8-18)19-11-12-25-22(14-19)21-9-5-6-10-24(21)27-25/h2-12,14-16H,13H2,1H3. The molecule has 1 nitrogen and oxygen atoms in total. The summed E-state index contributed by atoms with van der Waals surface area (Å²) in [6.45, 7) is 2.14. The summed E-state index contributed by atoms with van der Waals surface area (Å²) in [5, 5.41) is 2.65. The molecule has 0 saturated heterocycles. The minimum atomic E-state index is 0.936. The maximum absolute atomic E-state index is 4.73. The van der Waals surface area contributed by atoms with Gasteiger partial charge in [0.05, 0.1) is 5.69 Å². The molecule has 0 saturated carbocycles. The largest absolute Gasteiger partial charge is 0.256 e. The van der Waals surface area contributed by atoms with E-state index in [2.05, 4.69) is 85.8 Å². The zero-order valence-corrected chi connectivity index (χ0v) is 16.0. The molecular formula is C25H19NS. The summed E-state index contributed by atoms with van der Waals surface area (Å²) in [5.41, 5.74) is 6.13. The van der Waals surface area contributed by atoms with Crippen LogP contribution in [0.1, 0.15) is 16.7 Å². The van der Waals surface area contributed by atoms with E-state index in [1.165, 1.54) is 42.4 Å². The highest BCUT2D eigenvalue weighted by Crippen LogP contribution is 2.36. The van der Waals surface area contributed by atoms with Gasteiger partial charge in [0, 0.05) is 31.9 Å². The summed E-state index contributed by atoms with van der Waals surface area (Å²) >= 11 is 1.85. The molecule has 0 aliphatic rings. The van der Waals surface area contributed by atoms with Crippen molar-refractivity contribution in [2.45, 2.75) is 13.3 Å². The molecule has 0 atom stereocenters. The van der Waals surface area contributed by atoms with Gasteiger partial charge in [-0.1, -0.05) is 54.6 Å². The van der Waals surface area contributed by atoms with Gasteiger partial charge in [0.25, 0.3) is 0 Å². The fourth-order valence-corrected chi connectivity index (χ4v) is 4.70. The van der Waals surface area contributed by atoms with E-state index in [9.17, 15) is 0 Å². The minimum Gasteiger partial charge on any atom is -0.256 e. The van der Waals surface area contributed by atoms with Gasteiger partial charge in [0.15, 0.2) is 0 Å². The van der Waals surface area contributed by atoms with E-state index in [0.717, 1.165) is 12.1 Å². The molecule has 2 aromatic heterocycles. The van der Waals surface area contributed by atoms with Crippen molar-refractivity contribution in [2.24, 2.45) is 0 Å². The van der Waals surface area contributed by atoms with Gasteiger partial charge in [-0.25, -0.2) is 0 Å². The van der Waals surface area contributed by atoms with E-state index in [1.54, 1.807) is 0 Å². The highest BCUT2D eigenvalue weighted by molar-refractivity contribution is 7.25. The van der Waals surface area contributed by atoms with Crippen LogP contribution in [0.5, 0.6) is 0 Å². The van der Waals surface area contributed by atoms with Crippen LogP contribution >= 0.6 is 11.3 Å². The first-order chi connectivity index (χ1) is 13.3. The zero-order chi connectivity index (χ0) is 18.2. The topological polar surface area (TPSA) is 12.9 Å². The van der Waals surface area contributed by atoms with E-state index < -0.39 is 0 Å². The van der Waals surface area contributed by atoms with Crippen molar-refractivity contribution in [3.63, 3.8) is 0 Å². The molecule has 0 bridgehead atoms. The number of nitrogens with zero attached hydrogens (tertiary/aromatic N) is 1. The number of hydrogen-bond donors (Lipinski definition) is 0. The Hall–Kier alpha value is -2.97. The lowest BCUT2D eigenvalue weighted by molar-refractivity contribution is 1.12. The van der Waals surface area contributed by atoms with Crippen LogP contribution in [0.25, 0.3) is 31.4 Å². The number of pyridine rings is 1. The van der Waals surface area contributed by atoms with Gasteiger partial charge in [0.2, 0.25) is 0 Å². The van der Waals surface area contributed by atoms with Crippen molar-refractivity contribution in [3.8, 4) is 11.3 Å². The summed E-state index contributed by atoms with van der Waals surface area (Å²) in [6, 6.07) is 28.2. The van der Waals surface area contributed by atoms with Crippen molar-refractivity contribution < 1.29 is 0 Å². The van der Waals surface area contributed by atoms with Crippen molar-refractivity contribution in [2.75, 3.05) is 0 Å². The van der Waals surface area contributed by atoms with Crippen LogP contribution in [0.15, 0.2) is 85.1 Å². The lowest BCUT2D eigenvalue weighted by Crippen LogP contribution is -1.95. The number of fused-ring (bicyclic) bond motifs is 3. The van der Waals surface area contributed by atoms with Gasteiger partial charge in [-0.05, 0) is 54.3 Å². The average Bonchev–Trinajstić information content (AvgIpc) is 3.08. The molecule has 0 fully saturated rings. The molecule has 3 aromatic carbocycles. The second-order valence-corrected chi connectivity index (χ2v) is 8.05. The lowest BCUT2D eigenvalue weighted by atomic mass is 9.99. The normalized spacial score (nSPS) is 11.3. The molecular weight excluding hydrogens is 346 g/mol. The third-order valence-electron chi connectivity index (χ3n) is 5.12. The van der Waals surface area contributed by atoms with Crippen LogP contribution in [0.3, 0.4) is 0 Å². The van der Waals surface area contributed by atoms with Gasteiger partial charge >= 0.3 is 0 Å². The van der Waals surface area contributed by atoms with E-state index in [-0.39, 0.29) is 0 Å². The molecule has 2 heterocycles. The molecule has 130 valence electrons. The first-order valence-corrected chi connectivity index (χ1v) is 10.0. The minimum absolute atomic E-state index is 0.936. The maximum Gasteiger partial charge on any atom is 0.0705 e. The van der Waals surface area contributed by atoms with E-state index in [4.69, 9.17) is 4.98 Å². The van der Waals surface area contributed by atoms with Crippen LogP contribution in [-0.4, -0.2) is 4.98 Å². The van der Waals surface area contributed by atoms with Gasteiger partial charge in [0.1, 0.15) is 0 Å². The Labute approximate surface area is 162 Å². The molecule has 0 spiro atoms. The second-order valence-electron chi connectivity index (χ2n) is 6.97. The van der Waals surface area contributed by atoms with E-state index in [1.807, 2.05) is 17.5 Å². The Kier molecular flexibility index (Phi) is 3.99. The highest BCUT2D eigenvalue weighted by Gasteiger charge is 2.09. The predicted octanol–water partition coefficient (Wildman–Crippen LogP) is 7.02. The van der Waals surface area contributed by atoms with E-state index >= 15 is 0 Å². The molecule has 0 radical (unpaired) electrons. The molecule has 2 heteroatoms. The van der Waals surface area contributed by atoms with E-state index in [0.29, 0.717) is 0 Å². The summed E-state index contributed by atoms with van der Waals surface area (Å²) in [4.78, 5) is 4.73. The molecule has 0 aliphatic carbocycles. The number of aryl methyl sites for hydroxylation is 1. The van der Waals surface area contributed by atoms with Crippen LogP contribution in [-0.2, 0) is 6.42 Å². The highest BCUT2D eigenvalue weighted by atomic mass is 32.1. The summed E-state index contributed by atoms with van der Waals surface area (Å²) in [7, 11) is 0. The molecule has 0 N–H and O–H groups in total. The SMILES string of the molecule is Cc1cnc(-c2ccc3sc4ccccc4c3c2)cc1Cc1ccccc1. The van der Waals surface area contributed by atoms with Crippen LogP contribution in [0.2, 0.25) is 0 Å². The monoisotopic (exact) mass is 365 g/mol.